The molecule has 0 aliphatic carbocycles. The summed E-state index contributed by atoms with van der Waals surface area (Å²) in [7, 11) is 0. The van der Waals surface area contributed by atoms with Crippen molar-refractivity contribution in [3.63, 3.8) is 0 Å². The molecule has 1 aromatic carbocycles. The van der Waals surface area contributed by atoms with Crippen LogP contribution in [-0.4, -0.2) is 54.2 Å². The number of halogens is 1. The molecule has 0 radical (unpaired) electrons. The number of ether oxygens (including phenoxy) is 1. The number of amides is 1. The lowest BCUT2D eigenvalue weighted by atomic mass is 10.3. The number of carboxylic acid groups (broad SMARTS) is 1. The van der Waals surface area contributed by atoms with Gasteiger partial charge in [0, 0.05) is 31.0 Å². The average molecular weight is 373 g/mol. The van der Waals surface area contributed by atoms with Crippen molar-refractivity contribution < 1.29 is 19.4 Å². The summed E-state index contributed by atoms with van der Waals surface area (Å²) in [5, 5.41) is 11.8. The van der Waals surface area contributed by atoms with Crippen molar-refractivity contribution in [3.05, 3.63) is 28.7 Å². The molecule has 7 heteroatoms. The maximum absolute atomic E-state index is 11.1. The molecule has 0 heterocycles. The van der Waals surface area contributed by atoms with Crippen molar-refractivity contribution in [2.24, 2.45) is 0 Å². The second-order valence-corrected chi connectivity index (χ2v) is 5.75. The van der Waals surface area contributed by atoms with Crippen LogP contribution in [0.25, 0.3) is 0 Å². The van der Waals surface area contributed by atoms with Crippen molar-refractivity contribution in [3.8, 4) is 5.75 Å². The molecule has 2 N–H and O–H groups in total. The first-order valence-corrected chi connectivity index (χ1v) is 7.79. The third kappa shape index (κ3) is 6.91. The smallest absolute Gasteiger partial charge is 0.320 e. The van der Waals surface area contributed by atoms with Gasteiger partial charge in [-0.05, 0) is 25.1 Å². The van der Waals surface area contributed by atoms with E-state index in [1.54, 1.807) is 11.8 Å². The first-order valence-electron chi connectivity index (χ1n) is 7.00. The van der Waals surface area contributed by atoms with E-state index in [0.717, 1.165) is 10.2 Å². The fourth-order valence-corrected chi connectivity index (χ4v) is 2.25. The Morgan fingerprint density at radius 2 is 2.14 bits per heavy atom. The lowest BCUT2D eigenvalue weighted by Gasteiger charge is -2.26. The Morgan fingerprint density at radius 1 is 1.41 bits per heavy atom. The van der Waals surface area contributed by atoms with E-state index in [9.17, 15) is 9.59 Å². The highest BCUT2D eigenvalue weighted by molar-refractivity contribution is 9.10. The zero-order valence-electron chi connectivity index (χ0n) is 12.7. The van der Waals surface area contributed by atoms with Crippen LogP contribution in [-0.2, 0) is 9.59 Å². The highest BCUT2D eigenvalue weighted by Gasteiger charge is 2.20. The number of nitrogens with zero attached hydrogens (tertiary/aromatic N) is 1. The van der Waals surface area contributed by atoms with Gasteiger partial charge in [-0.2, -0.15) is 0 Å². The highest BCUT2D eigenvalue weighted by atomic mass is 79.9. The molecular weight excluding hydrogens is 352 g/mol. The number of hydrogen-bond donors (Lipinski definition) is 2. The van der Waals surface area contributed by atoms with Crippen molar-refractivity contribution in [1.82, 2.24) is 10.2 Å². The SMILES string of the molecule is CC(=O)NCCN(CCOc1cccc(Br)c1)C(C)C(=O)O. The number of carboxylic acids is 1. The molecule has 122 valence electrons. The quantitative estimate of drug-likeness (QED) is 0.690. The number of carbonyl (C=O) groups is 2. The third-order valence-electron chi connectivity index (χ3n) is 3.12. The normalized spacial score (nSPS) is 12.0. The van der Waals surface area contributed by atoms with Gasteiger partial charge in [-0.1, -0.05) is 22.0 Å². The van der Waals surface area contributed by atoms with Crippen LogP contribution in [0.15, 0.2) is 28.7 Å². The van der Waals surface area contributed by atoms with E-state index in [1.807, 2.05) is 24.3 Å². The van der Waals surface area contributed by atoms with Gasteiger partial charge in [0.25, 0.3) is 0 Å². The van der Waals surface area contributed by atoms with Crippen molar-refractivity contribution in [2.75, 3.05) is 26.2 Å². The summed E-state index contributed by atoms with van der Waals surface area (Å²) in [5.74, 6) is -0.308. The Bertz CT molecular complexity index is 510. The Balaban J connectivity index is 2.49. The van der Waals surface area contributed by atoms with Crippen LogP contribution >= 0.6 is 15.9 Å². The van der Waals surface area contributed by atoms with Gasteiger partial charge in [-0.3, -0.25) is 14.5 Å². The van der Waals surface area contributed by atoms with Crippen LogP contribution in [0, 0.1) is 0 Å². The largest absolute Gasteiger partial charge is 0.492 e. The summed E-state index contributed by atoms with van der Waals surface area (Å²) >= 11 is 3.36. The second-order valence-electron chi connectivity index (χ2n) is 4.84. The Kier molecular flexibility index (Phi) is 7.90. The molecule has 0 aromatic heterocycles. The standard InChI is InChI=1S/C15H21BrN2O4/c1-11(15(20)21)18(7-6-17-12(2)19)8-9-22-14-5-3-4-13(16)10-14/h3-5,10-11H,6-9H2,1-2H3,(H,17,19)(H,20,21). The van der Waals surface area contributed by atoms with E-state index in [-0.39, 0.29) is 5.91 Å². The number of hydrogen-bond acceptors (Lipinski definition) is 4. The Hall–Kier alpha value is -1.60. The molecule has 0 spiro atoms. The van der Waals surface area contributed by atoms with Gasteiger partial charge in [0.05, 0.1) is 0 Å². The molecule has 0 fully saturated rings. The zero-order valence-corrected chi connectivity index (χ0v) is 14.3. The topological polar surface area (TPSA) is 78.9 Å². The van der Waals surface area contributed by atoms with Gasteiger partial charge < -0.3 is 15.2 Å². The van der Waals surface area contributed by atoms with Crippen LogP contribution in [0.2, 0.25) is 0 Å². The molecule has 1 atom stereocenters. The molecule has 1 unspecified atom stereocenters. The molecule has 0 saturated heterocycles. The van der Waals surface area contributed by atoms with E-state index in [1.165, 1.54) is 6.92 Å². The molecular formula is C15H21BrN2O4. The van der Waals surface area contributed by atoms with Crippen LogP contribution < -0.4 is 10.1 Å². The minimum absolute atomic E-state index is 0.131. The maximum Gasteiger partial charge on any atom is 0.320 e. The monoisotopic (exact) mass is 372 g/mol. The molecule has 1 amide bonds. The van der Waals surface area contributed by atoms with E-state index < -0.39 is 12.0 Å². The van der Waals surface area contributed by atoms with Crippen LogP contribution in [0.3, 0.4) is 0 Å². The molecule has 0 aliphatic heterocycles. The minimum Gasteiger partial charge on any atom is -0.492 e. The molecule has 0 aliphatic rings. The van der Waals surface area contributed by atoms with Gasteiger partial charge >= 0.3 is 5.97 Å². The van der Waals surface area contributed by atoms with Gasteiger partial charge in [-0.15, -0.1) is 0 Å². The maximum atomic E-state index is 11.1. The summed E-state index contributed by atoms with van der Waals surface area (Å²) in [5.41, 5.74) is 0. The highest BCUT2D eigenvalue weighted by Crippen LogP contribution is 2.17. The molecule has 0 saturated carbocycles. The van der Waals surface area contributed by atoms with Crippen molar-refractivity contribution in [1.29, 1.82) is 0 Å². The van der Waals surface area contributed by atoms with Gasteiger partial charge in [0.15, 0.2) is 0 Å². The fourth-order valence-electron chi connectivity index (χ4n) is 1.87. The molecule has 1 aromatic rings. The second kappa shape index (κ2) is 9.42. The first kappa shape index (κ1) is 18.4. The minimum atomic E-state index is -0.898. The lowest BCUT2D eigenvalue weighted by Crippen LogP contribution is -2.45. The van der Waals surface area contributed by atoms with E-state index in [2.05, 4.69) is 21.2 Å². The van der Waals surface area contributed by atoms with Crippen LogP contribution in [0.4, 0.5) is 0 Å². The first-order chi connectivity index (χ1) is 10.4. The summed E-state index contributed by atoms with van der Waals surface area (Å²) in [6, 6.07) is 6.82. The molecule has 1 rings (SSSR count). The van der Waals surface area contributed by atoms with Gasteiger partial charge in [0.1, 0.15) is 18.4 Å². The van der Waals surface area contributed by atoms with Crippen LogP contribution in [0.5, 0.6) is 5.75 Å². The predicted molar refractivity (Wildman–Crippen MR) is 87.0 cm³/mol. The number of rotatable bonds is 9. The lowest BCUT2D eigenvalue weighted by molar-refractivity contribution is -0.142. The average Bonchev–Trinajstić information content (AvgIpc) is 2.44. The summed E-state index contributed by atoms with van der Waals surface area (Å²) in [6.07, 6.45) is 0. The predicted octanol–water partition coefficient (Wildman–Crippen LogP) is 1.74. The summed E-state index contributed by atoms with van der Waals surface area (Å²) in [4.78, 5) is 23.8. The van der Waals surface area contributed by atoms with Crippen LogP contribution in [0.1, 0.15) is 13.8 Å². The number of carbonyl (C=O) groups excluding carboxylic acids is 1. The Morgan fingerprint density at radius 3 is 2.73 bits per heavy atom. The molecule has 0 bridgehead atoms. The van der Waals surface area contributed by atoms with Crippen molar-refractivity contribution >= 4 is 27.8 Å². The summed E-state index contributed by atoms with van der Waals surface area (Å²) < 4.78 is 6.55. The third-order valence-corrected chi connectivity index (χ3v) is 3.61. The zero-order chi connectivity index (χ0) is 16.5. The number of nitrogens with one attached hydrogen (secondary N) is 1. The van der Waals surface area contributed by atoms with Gasteiger partial charge in [-0.25, -0.2) is 0 Å². The fraction of sp³-hybridized carbons (Fsp3) is 0.467. The Labute approximate surface area is 138 Å². The summed E-state index contributed by atoms with van der Waals surface area (Å²) in [6.45, 7) is 4.74. The number of benzene rings is 1. The van der Waals surface area contributed by atoms with Crippen molar-refractivity contribution in [2.45, 2.75) is 19.9 Å². The van der Waals surface area contributed by atoms with E-state index in [4.69, 9.17) is 9.84 Å². The molecule has 22 heavy (non-hydrogen) atoms. The van der Waals surface area contributed by atoms with E-state index >= 15 is 0 Å². The van der Waals surface area contributed by atoms with Gasteiger partial charge in [0.2, 0.25) is 5.91 Å². The van der Waals surface area contributed by atoms with E-state index in [0.29, 0.717) is 26.2 Å². The number of aliphatic carboxylic acids is 1. The molecule has 6 nitrogen and oxygen atoms in total.